The molecule has 1 aliphatic rings. The van der Waals surface area contributed by atoms with Crippen LogP contribution in [0.3, 0.4) is 0 Å². The molecule has 30 heavy (non-hydrogen) atoms. The number of ketones is 2. The highest BCUT2D eigenvalue weighted by molar-refractivity contribution is 6.10. The fourth-order valence-corrected chi connectivity index (χ4v) is 3.46. The Morgan fingerprint density at radius 1 is 0.900 bits per heavy atom. The molecule has 5 heteroatoms. The van der Waals surface area contributed by atoms with Gasteiger partial charge in [-0.25, -0.2) is 0 Å². The zero-order chi connectivity index (χ0) is 21.3. The van der Waals surface area contributed by atoms with Gasteiger partial charge in [0, 0.05) is 51.7 Å². The molecular formula is C25H31N3O2. The fourth-order valence-electron chi connectivity index (χ4n) is 3.46. The summed E-state index contributed by atoms with van der Waals surface area (Å²) >= 11 is 0. The van der Waals surface area contributed by atoms with Gasteiger partial charge in [0.25, 0.3) is 0 Å². The van der Waals surface area contributed by atoms with E-state index in [0.717, 1.165) is 50.4 Å². The van der Waals surface area contributed by atoms with E-state index in [1.54, 1.807) is 12.2 Å². The van der Waals surface area contributed by atoms with Gasteiger partial charge < -0.3 is 14.4 Å². The van der Waals surface area contributed by atoms with Crippen LogP contribution >= 0.6 is 0 Å². The zero-order valence-corrected chi connectivity index (χ0v) is 18.0. The fraction of sp³-hybridized carbons (Fsp3) is 0.360. The largest absolute Gasteiger partial charge is 0.351 e. The molecule has 5 nitrogen and oxygen atoms in total. The maximum atomic E-state index is 12.1. The van der Waals surface area contributed by atoms with Crippen LogP contribution in [0.25, 0.3) is 12.2 Å². The van der Waals surface area contributed by atoms with Crippen molar-refractivity contribution in [1.29, 1.82) is 0 Å². The molecular weight excluding hydrogens is 374 g/mol. The van der Waals surface area contributed by atoms with Crippen LogP contribution in [0, 0.1) is 0 Å². The van der Waals surface area contributed by atoms with Crippen molar-refractivity contribution in [1.82, 2.24) is 14.4 Å². The van der Waals surface area contributed by atoms with Crippen LogP contribution in [-0.4, -0.2) is 65.7 Å². The predicted molar refractivity (Wildman–Crippen MR) is 122 cm³/mol. The maximum absolute atomic E-state index is 12.1. The van der Waals surface area contributed by atoms with Crippen molar-refractivity contribution in [3.05, 3.63) is 71.6 Å². The van der Waals surface area contributed by atoms with E-state index < -0.39 is 0 Å². The van der Waals surface area contributed by atoms with E-state index >= 15 is 0 Å². The second kappa shape index (κ2) is 10.9. The molecule has 2 heterocycles. The van der Waals surface area contributed by atoms with Gasteiger partial charge in [0.05, 0.1) is 6.42 Å². The molecule has 0 radical (unpaired) electrons. The number of nitrogens with zero attached hydrogens (tertiary/aromatic N) is 3. The smallest absolute Gasteiger partial charge is 0.163 e. The minimum atomic E-state index is -0.190. The quantitative estimate of drug-likeness (QED) is 0.475. The van der Waals surface area contributed by atoms with Gasteiger partial charge in [0.15, 0.2) is 11.6 Å². The average Bonchev–Trinajstić information content (AvgIpc) is 3.16. The average molecular weight is 406 g/mol. The highest BCUT2D eigenvalue weighted by Gasteiger charge is 2.13. The summed E-state index contributed by atoms with van der Waals surface area (Å²) in [5.74, 6) is -0.374. The molecule has 158 valence electrons. The number of likely N-dealkylation sites (N-methyl/N-ethyl adjacent to an activating group) is 1. The van der Waals surface area contributed by atoms with Crippen molar-refractivity contribution < 1.29 is 9.59 Å². The lowest BCUT2D eigenvalue weighted by atomic mass is 10.1. The second-order valence-electron chi connectivity index (χ2n) is 7.96. The van der Waals surface area contributed by atoms with Crippen LogP contribution < -0.4 is 0 Å². The molecule has 0 N–H and O–H groups in total. The van der Waals surface area contributed by atoms with Crippen LogP contribution in [-0.2, 0) is 23.1 Å². The summed E-state index contributed by atoms with van der Waals surface area (Å²) in [5, 5.41) is 0. The monoisotopic (exact) mass is 405 g/mol. The summed E-state index contributed by atoms with van der Waals surface area (Å²) in [6.07, 6.45) is 9.32. The van der Waals surface area contributed by atoms with E-state index in [1.807, 2.05) is 42.1 Å². The number of benzene rings is 1. The Bertz CT molecular complexity index is 901. The third-order valence-corrected chi connectivity index (χ3v) is 5.53. The summed E-state index contributed by atoms with van der Waals surface area (Å²) in [4.78, 5) is 28.9. The van der Waals surface area contributed by atoms with Crippen molar-refractivity contribution in [2.24, 2.45) is 7.05 Å². The standard InChI is InChI=1S/C25H31N3O2/c1-26-16-18-28(19-17-26)15-13-22-7-5-21(6-8-22)9-11-24(29)20-25(30)12-10-23-4-3-14-27(23)2/h3-12,14H,13,15-20H2,1-2H3/b11-9+,12-10+. The Hall–Kier alpha value is -2.76. The molecule has 2 aromatic rings. The number of hydrogen-bond donors (Lipinski definition) is 0. The Kier molecular flexibility index (Phi) is 7.94. The molecule has 0 amide bonds. The summed E-state index contributed by atoms with van der Waals surface area (Å²) in [6, 6.07) is 12.1. The molecule has 0 saturated carbocycles. The van der Waals surface area contributed by atoms with Gasteiger partial charge in [-0.1, -0.05) is 30.3 Å². The van der Waals surface area contributed by atoms with Crippen molar-refractivity contribution in [2.45, 2.75) is 12.8 Å². The van der Waals surface area contributed by atoms with Crippen LogP contribution in [0.15, 0.2) is 54.7 Å². The predicted octanol–water partition coefficient (Wildman–Crippen LogP) is 3.07. The first-order chi connectivity index (χ1) is 14.5. The van der Waals surface area contributed by atoms with E-state index in [4.69, 9.17) is 0 Å². The molecule has 0 spiro atoms. The summed E-state index contributed by atoms with van der Waals surface area (Å²) in [5.41, 5.74) is 3.20. The van der Waals surface area contributed by atoms with Gasteiger partial charge in [-0.2, -0.15) is 0 Å². The van der Waals surface area contributed by atoms with E-state index in [-0.39, 0.29) is 18.0 Å². The summed E-state index contributed by atoms with van der Waals surface area (Å²) < 4.78 is 1.92. The van der Waals surface area contributed by atoms with E-state index in [2.05, 4.69) is 29.0 Å². The Labute approximate surface area is 179 Å². The first-order valence-electron chi connectivity index (χ1n) is 10.5. The van der Waals surface area contributed by atoms with Crippen molar-refractivity contribution >= 4 is 23.7 Å². The molecule has 0 atom stereocenters. The Morgan fingerprint density at radius 3 is 2.20 bits per heavy atom. The van der Waals surface area contributed by atoms with Gasteiger partial charge in [-0.3, -0.25) is 9.59 Å². The van der Waals surface area contributed by atoms with Crippen LogP contribution in [0.5, 0.6) is 0 Å². The van der Waals surface area contributed by atoms with Gasteiger partial charge in [0.2, 0.25) is 0 Å². The second-order valence-corrected chi connectivity index (χ2v) is 7.96. The van der Waals surface area contributed by atoms with Gasteiger partial charge in [0.1, 0.15) is 0 Å². The number of aryl methyl sites for hydroxylation is 1. The highest BCUT2D eigenvalue weighted by Crippen LogP contribution is 2.09. The van der Waals surface area contributed by atoms with Crippen molar-refractivity contribution in [2.75, 3.05) is 39.8 Å². The van der Waals surface area contributed by atoms with Crippen LogP contribution in [0.4, 0.5) is 0 Å². The van der Waals surface area contributed by atoms with Gasteiger partial charge >= 0.3 is 0 Å². The minimum Gasteiger partial charge on any atom is -0.351 e. The van der Waals surface area contributed by atoms with Crippen molar-refractivity contribution in [3.8, 4) is 0 Å². The first-order valence-corrected chi connectivity index (χ1v) is 10.5. The molecule has 1 saturated heterocycles. The number of aromatic nitrogens is 1. The maximum Gasteiger partial charge on any atom is 0.163 e. The van der Waals surface area contributed by atoms with Gasteiger partial charge in [-0.05, 0) is 55.0 Å². The highest BCUT2D eigenvalue weighted by atomic mass is 16.1. The molecule has 3 rings (SSSR count). The Balaban J connectivity index is 1.42. The van der Waals surface area contributed by atoms with Crippen LogP contribution in [0.1, 0.15) is 23.2 Å². The molecule has 1 aromatic carbocycles. The van der Waals surface area contributed by atoms with Crippen molar-refractivity contribution in [3.63, 3.8) is 0 Å². The summed E-state index contributed by atoms with van der Waals surface area (Å²) in [6.45, 7) is 5.64. The summed E-state index contributed by atoms with van der Waals surface area (Å²) in [7, 11) is 4.08. The number of hydrogen-bond acceptors (Lipinski definition) is 4. The number of carbonyl (C=O) groups is 2. The lowest BCUT2D eigenvalue weighted by Gasteiger charge is -2.32. The zero-order valence-electron chi connectivity index (χ0n) is 18.0. The molecule has 0 bridgehead atoms. The SMILES string of the molecule is CN1CCN(CCc2ccc(/C=C/C(=O)CC(=O)/C=C/c3cccn3C)cc2)CC1. The van der Waals surface area contributed by atoms with Crippen LogP contribution in [0.2, 0.25) is 0 Å². The molecule has 1 aromatic heterocycles. The lowest BCUT2D eigenvalue weighted by Crippen LogP contribution is -2.45. The normalized spacial score (nSPS) is 15.9. The topological polar surface area (TPSA) is 45.6 Å². The lowest BCUT2D eigenvalue weighted by molar-refractivity contribution is -0.121. The number of carbonyl (C=O) groups excluding carboxylic acids is 2. The molecule has 0 aliphatic carbocycles. The number of piperazine rings is 1. The molecule has 1 fully saturated rings. The van der Waals surface area contributed by atoms with E-state index in [0.29, 0.717) is 0 Å². The molecule has 0 unspecified atom stereocenters. The number of rotatable bonds is 9. The van der Waals surface area contributed by atoms with E-state index in [9.17, 15) is 9.59 Å². The van der Waals surface area contributed by atoms with Gasteiger partial charge in [-0.15, -0.1) is 0 Å². The first kappa shape index (κ1) is 21.9. The molecule has 1 aliphatic heterocycles. The third-order valence-electron chi connectivity index (χ3n) is 5.53. The van der Waals surface area contributed by atoms with E-state index in [1.165, 1.54) is 17.7 Å². The number of allylic oxidation sites excluding steroid dienone is 2. The third kappa shape index (κ3) is 6.94. The minimum absolute atomic E-state index is 0.111. The Morgan fingerprint density at radius 2 is 1.57 bits per heavy atom.